The molecule has 112 valence electrons. The number of nitrogens with one attached hydrogen (secondary N) is 1. The van der Waals surface area contributed by atoms with E-state index in [-0.39, 0.29) is 11.9 Å². The van der Waals surface area contributed by atoms with Crippen LogP contribution < -0.4 is 5.32 Å². The lowest BCUT2D eigenvalue weighted by Gasteiger charge is -2.36. The maximum absolute atomic E-state index is 11.5. The van der Waals surface area contributed by atoms with Crippen LogP contribution in [0.2, 0.25) is 0 Å². The van der Waals surface area contributed by atoms with Gasteiger partial charge in [0.25, 0.3) is 0 Å². The Morgan fingerprint density at radius 2 is 1.82 bits per heavy atom. The molecule has 1 amide bonds. The number of fused-ring (bicyclic) bond motifs is 1. The quantitative estimate of drug-likeness (QED) is 0.922. The van der Waals surface area contributed by atoms with Crippen LogP contribution in [0.5, 0.6) is 0 Å². The lowest BCUT2D eigenvalue weighted by Crippen LogP contribution is -2.45. The second-order valence-electron chi connectivity index (χ2n) is 5.46. The number of nitrogens with zero attached hydrogens (tertiary/aromatic N) is 2. The van der Waals surface area contributed by atoms with Crippen molar-refractivity contribution in [1.82, 2.24) is 10.2 Å². The van der Waals surface area contributed by atoms with Crippen LogP contribution in [0.25, 0.3) is 0 Å². The normalized spacial score (nSPS) is 16.7. The summed E-state index contributed by atoms with van der Waals surface area (Å²) in [6, 6.07) is 18.4. The highest BCUT2D eigenvalue weighted by atomic mass is 16.1. The molecule has 0 spiro atoms. The third kappa shape index (κ3) is 2.86. The third-order valence-corrected chi connectivity index (χ3v) is 3.84. The van der Waals surface area contributed by atoms with Crippen molar-refractivity contribution in [3.63, 3.8) is 0 Å². The fourth-order valence-electron chi connectivity index (χ4n) is 2.72. The Bertz CT molecular complexity index is 709. The zero-order chi connectivity index (χ0) is 15.5. The highest BCUT2D eigenvalue weighted by molar-refractivity contribution is 5.98. The summed E-state index contributed by atoms with van der Waals surface area (Å²) in [6.45, 7) is 4.35. The van der Waals surface area contributed by atoms with Crippen LogP contribution in [0.3, 0.4) is 0 Å². The molecule has 0 saturated heterocycles. The molecule has 22 heavy (non-hydrogen) atoms. The van der Waals surface area contributed by atoms with E-state index in [4.69, 9.17) is 0 Å². The summed E-state index contributed by atoms with van der Waals surface area (Å²) in [5, 5.41) is 2.86. The average Bonchev–Trinajstić information content (AvgIpc) is 2.52. The number of hydrogen-bond donors (Lipinski definition) is 1. The van der Waals surface area contributed by atoms with Crippen molar-refractivity contribution in [1.29, 1.82) is 0 Å². The minimum Gasteiger partial charge on any atom is -0.331 e. The summed E-state index contributed by atoms with van der Waals surface area (Å²) in [5.74, 6) is 0.506. The van der Waals surface area contributed by atoms with Crippen molar-refractivity contribution in [2.24, 2.45) is 4.99 Å². The Kier molecular flexibility index (Phi) is 3.92. The molecule has 1 atom stereocenters. The highest BCUT2D eigenvalue weighted by Gasteiger charge is 2.27. The zero-order valence-corrected chi connectivity index (χ0v) is 12.8. The molecule has 1 N–H and O–H groups in total. The zero-order valence-electron chi connectivity index (χ0n) is 12.8. The lowest BCUT2D eigenvalue weighted by atomic mass is 10.0. The SMILES string of the molecule is CC(=O)NC1=Nc2ccccc2C(C)N1Cc1ccccc1. The Labute approximate surface area is 130 Å². The molecule has 4 nitrogen and oxygen atoms in total. The van der Waals surface area contributed by atoms with Gasteiger partial charge in [-0.2, -0.15) is 0 Å². The van der Waals surface area contributed by atoms with Crippen molar-refractivity contribution >= 4 is 17.6 Å². The molecule has 1 heterocycles. The van der Waals surface area contributed by atoms with Crippen LogP contribution in [-0.2, 0) is 11.3 Å². The summed E-state index contributed by atoms with van der Waals surface area (Å²) < 4.78 is 0. The number of aliphatic imine (C=N–C) groups is 1. The predicted octanol–water partition coefficient (Wildman–Crippen LogP) is 3.39. The summed E-state index contributed by atoms with van der Waals surface area (Å²) >= 11 is 0. The van der Waals surface area contributed by atoms with E-state index in [1.165, 1.54) is 18.1 Å². The van der Waals surface area contributed by atoms with Gasteiger partial charge in [0.1, 0.15) is 0 Å². The van der Waals surface area contributed by atoms with E-state index in [0.717, 1.165) is 5.69 Å². The number of carbonyl (C=O) groups is 1. The van der Waals surface area contributed by atoms with Gasteiger partial charge in [0.15, 0.2) is 0 Å². The second kappa shape index (κ2) is 6.02. The molecule has 1 aliphatic rings. The number of benzene rings is 2. The van der Waals surface area contributed by atoms with Crippen LogP contribution in [0, 0.1) is 0 Å². The van der Waals surface area contributed by atoms with Crippen molar-refractivity contribution in [2.45, 2.75) is 26.4 Å². The highest BCUT2D eigenvalue weighted by Crippen LogP contribution is 2.34. The maximum Gasteiger partial charge on any atom is 0.223 e. The summed E-state index contributed by atoms with van der Waals surface area (Å²) in [5.41, 5.74) is 3.28. The molecule has 2 aromatic rings. The minimum atomic E-state index is -0.108. The molecular weight excluding hydrogens is 274 g/mol. The number of hydrogen-bond acceptors (Lipinski definition) is 3. The van der Waals surface area contributed by atoms with Crippen LogP contribution in [-0.4, -0.2) is 16.8 Å². The lowest BCUT2D eigenvalue weighted by molar-refractivity contribution is -0.117. The van der Waals surface area contributed by atoms with Crippen molar-refractivity contribution < 1.29 is 4.79 Å². The van der Waals surface area contributed by atoms with Gasteiger partial charge < -0.3 is 4.90 Å². The summed E-state index contributed by atoms with van der Waals surface area (Å²) in [6.07, 6.45) is 0. The minimum absolute atomic E-state index is 0.108. The van der Waals surface area contributed by atoms with E-state index in [9.17, 15) is 4.79 Å². The first-order chi connectivity index (χ1) is 10.6. The smallest absolute Gasteiger partial charge is 0.223 e. The molecule has 2 aromatic carbocycles. The van der Waals surface area contributed by atoms with E-state index in [0.29, 0.717) is 12.5 Å². The molecule has 1 unspecified atom stereocenters. The molecule has 1 aliphatic heterocycles. The predicted molar refractivity (Wildman–Crippen MR) is 87.8 cm³/mol. The van der Waals surface area contributed by atoms with E-state index >= 15 is 0 Å². The van der Waals surface area contributed by atoms with Crippen LogP contribution in [0.4, 0.5) is 5.69 Å². The summed E-state index contributed by atoms with van der Waals surface area (Å²) in [7, 11) is 0. The number of para-hydroxylation sites is 1. The molecule has 0 saturated carbocycles. The Morgan fingerprint density at radius 1 is 1.14 bits per heavy atom. The molecule has 0 bridgehead atoms. The number of carbonyl (C=O) groups excluding carboxylic acids is 1. The Balaban J connectivity index is 1.97. The van der Waals surface area contributed by atoms with Gasteiger partial charge >= 0.3 is 0 Å². The van der Waals surface area contributed by atoms with Gasteiger partial charge in [-0.3, -0.25) is 10.1 Å². The van der Waals surface area contributed by atoms with Gasteiger partial charge in [-0.15, -0.1) is 0 Å². The maximum atomic E-state index is 11.5. The van der Waals surface area contributed by atoms with Gasteiger partial charge in [0.05, 0.1) is 11.7 Å². The fourth-order valence-corrected chi connectivity index (χ4v) is 2.72. The molecule has 0 radical (unpaired) electrons. The van der Waals surface area contributed by atoms with Crippen molar-refractivity contribution in [3.8, 4) is 0 Å². The van der Waals surface area contributed by atoms with Crippen LogP contribution in [0.15, 0.2) is 59.6 Å². The number of amides is 1. The molecule has 0 aliphatic carbocycles. The van der Waals surface area contributed by atoms with E-state index in [2.05, 4.69) is 40.3 Å². The van der Waals surface area contributed by atoms with Gasteiger partial charge in [-0.05, 0) is 18.6 Å². The molecular formula is C18H19N3O. The Morgan fingerprint density at radius 3 is 2.55 bits per heavy atom. The molecule has 3 rings (SSSR count). The van der Waals surface area contributed by atoms with Crippen molar-refractivity contribution in [2.75, 3.05) is 0 Å². The first-order valence-corrected chi connectivity index (χ1v) is 7.41. The van der Waals surface area contributed by atoms with Gasteiger partial charge in [0, 0.05) is 19.0 Å². The van der Waals surface area contributed by atoms with Crippen LogP contribution >= 0.6 is 0 Å². The first kappa shape index (κ1) is 14.3. The van der Waals surface area contributed by atoms with Crippen LogP contribution in [0.1, 0.15) is 31.0 Å². The molecule has 0 fully saturated rings. The largest absolute Gasteiger partial charge is 0.331 e. The molecule has 0 aromatic heterocycles. The molecule has 4 heteroatoms. The van der Waals surface area contributed by atoms with Gasteiger partial charge in [0.2, 0.25) is 11.9 Å². The fraction of sp³-hybridized carbons (Fsp3) is 0.222. The topological polar surface area (TPSA) is 44.7 Å². The second-order valence-corrected chi connectivity index (χ2v) is 5.46. The summed E-state index contributed by atoms with van der Waals surface area (Å²) in [4.78, 5) is 18.3. The van der Waals surface area contributed by atoms with E-state index in [1.807, 2.05) is 36.4 Å². The van der Waals surface area contributed by atoms with E-state index < -0.39 is 0 Å². The van der Waals surface area contributed by atoms with Gasteiger partial charge in [-0.25, -0.2) is 4.99 Å². The number of rotatable bonds is 2. The first-order valence-electron chi connectivity index (χ1n) is 7.41. The Hall–Kier alpha value is -2.62. The van der Waals surface area contributed by atoms with Gasteiger partial charge in [-0.1, -0.05) is 48.5 Å². The standard InChI is InChI=1S/C18H19N3O/c1-13-16-10-6-7-11-17(16)20-18(19-14(2)22)21(13)12-15-8-4-3-5-9-15/h3-11,13H,12H2,1-2H3,(H,19,20,22). The van der Waals surface area contributed by atoms with Crippen molar-refractivity contribution in [3.05, 3.63) is 65.7 Å². The third-order valence-electron chi connectivity index (χ3n) is 3.84. The van der Waals surface area contributed by atoms with E-state index in [1.54, 1.807) is 0 Å². The monoisotopic (exact) mass is 293 g/mol. The number of guanidine groups is 1. The average molecular weight is 293 g/mol.